The van der Waals surface area contributed by atoms with Crippen LogP contribution in [0.4, 0.5) is 16.2 Å². The van der Waals surface area contributed by atoms with E-state index in [-0.39, 0.29) is 17.3 Å². The number of aryl methyl sites for hydroxylation is 2. The van der Waals surface area contributed by atoms with Crippen molar-refractivity contribution in [2.24, 2.45) is 0 Å². The fourth-order valence-electron chi connectivity index (χ4n) is 5.01. The predicted octanol–water partition coefficient (Wildman–Crippen LogP) is 4.31. The summed E-state index contributed by atoms with van der Waals surface area (Å²) in [4.78, 5) is 32.7. The van der Waals surface area contributed by atoms with Crippen LogP contribution in [0.3, 0.4) is 0 Å². The van der Waals surface area contributed by atoms with E-state index in [1.54, 1.807) is 47.4 Å². The molecule has 0 spiro atoms. The van der Waals surface area contributed by atoms with Crippen molar-refractivity contribution in [3.8, 4) is 0 Å². The summed E-state index contributed by atoms with van der Waals surface area (Å²) in [7, 11) is -4.15. The number of amides is 3. The van der Waals surface area contributed by atoms with E-state index in [2.05, 4.69) is 36.9 Å². The lowest BCUT2D eigenvalue weighted by Gasteiger charge is -2.38. The van der Waals surface area contributed by atoms with E-state index in [9.17, 15) is 18.0 Å². The third kappa shape index (κ3) is 4.83. The Hall–Kier alpha value is -3.56. The molecule has 0 aromatic heterocycles. The van der Waals surface area contributed by atoms with E-state index < -0.39 is 22.1 Å². The molecule has 2 aliphatic rings. The Labute approximate surface area is 228 Å². The molecule has 2 heterocycles. The predicted molar refractivity (Wildman–Crippen MR) is 148 cm³/mol. The van der Waals surface area contributed by atoms with Crippen LogP contribution in [0.25, 0.3) is 0 Å². The largest absolute Gasteiger partial charge is 0.368 e. The fraction of sp³-hybridized carbons (Fsp3) is 0.286. The molecular weight excluding hydrogens is 524 g/mol. The molecule has 2 aliphatic heterocycles. The van der Waals surface area contributed by atoms with Crippen LogP contribution >= 0.6 is 11.6 Å². The summed E-state index contributed by atoms with van der Waals surface area (Å²) in [5, 5.41) is 0.472. The van der Waals surface area contributed by atoms with Crippen molar-refractivity contribution in [2.45, 2.75) is 24.8 Å². The Bertz CT molecular complexity index is 1460. The van der Waals surface area contributed by atoms with Crippen LogP contribution in [0.5, 0.6) is 0 Å². The second-order valence-corrected chi connectivity index (χ2v) is 11.9. The van der Waals surface area contributed by atoms with Gasteiger partial charge in [0.15, 0.2) is 0 Å². The van der Waals surface area contributed by atoms with Crippen molar-refractivity contribution >= 4 is 44.9 Å². The van der Waals surface area contributed by atoms with Gasteiger partial charge in [-0.3, -0.25) is 9.69 Å². The standard InChI is InChI=1S/C28H29ClN4O4S/c1-20-8-9-21(2)25(18-20)30-14-16-31(17-15-30)27(34)26-19-32(38(36,37)24-6-4-3-5-7-24)28(35)33(26)23-12-10-22(29)11-13-23/h3-13,18,26H,14-17,19H2,1-2H3/t26-/m0/s1. The lowest BCUT2D eigenvalue weighted by Crippen LogP contribution is -2.55. The zero-order chi connectivity index (χ0) is 27.0. The minimum Gasteiger partial charge on any atom is -0.368 e. The summed E-state index contributed by atoms with van der Waals surface area (Å²) in [6, 6.07) is 18.8. The third-order valence-electron chi connectivity index (χ3n) is 7.09. The number of halogens is 1. The highest BCUT2D eigenvalue weighted by Gasteiger charge is 2.49. The van der Waals surface area contributed by atoms with Gasteiger partial charge in [0.1, 0.15) is 6.04 Å². The van der Waals surface area contributed by atoms with Gasteiger partial charge in [0.2, 0.25) is 5.91 Å². The molecule has 0 unspecified atom stereocenters. The number of sulfonamides is 1. The van der Waals surface area contributed by atoms with Crippen molar-refractivity contribution in [1.29, 1.82) is 0 Å². The van der Waals surface area contributed by atoms with Crippen molar-refractivity contribution in [2.75, 3.05) is 42.5 Å². The first kappa shape index (κ1) is 26.1. The van der Waals surface area contributed by atoms with Gasteiger partial charge in [-0.15, -0.1) is 0 Å². The number of carbonyl (C=O) groups is 2. The minimum absolute atomic E-state index is 0.000330. The molecule has 3 aromatic carbocycles. The molecule has 5 rings (SSSR count). The van der Waals surface area contributed by atoms with Gasteiger partial charge in [-0.05, 0) is 67.4 Å². The highest BCUT2D eigenvalue weighted by Crippen LogP contribution is 2.31. The van der Waals surface area contributed by atoms with Crippen molar-refractivity contribution in [1.82, 2.24) is 9.21 Å². The van der Waals surface area contributed by atoms with Gasteiger partial charge >= 0.3 is 6.03 Å². The Kier molecular flexibility index (Phi) is 7.07. The molecule has 10 heteroatoms. The van der Waals surface area contributed by atoms with Gasteiger partial charge < -0.3 is 9.80 Å². The summed E-state index contributed by atoms with van der Waals surface area (Å²) >= 11 is 6.05. The molecule has 38 heavy (non-hydrogen) atoms. The normalized spacial score (nSPS) is 18.3. The molecule has 3 amide bonds. The van der Waals surface area contributed by atoms with E-state index in [0.29, 0.717) is 36.9 Å². The Morgan fingerprint density at radius 1 is 0.895 bits per heavy atom. The zero-order valence-electron chi connectivity index (χ0n) is 21.2. The monoisotopic (exact) mass is 552 g/mol. The van der Waals surface area contributed by atoms with Gasteiger partial charge in [-0.25, -0.2) is 17.5 Å². The summed E-state index contributed by atoms with van der Waals surface area (Å²) in [6.45, 7) is 6.08. The average molecular weight is 553 g/mol. The smallest absolute Gasteiger partial charge is 0.339 e. The minimum atomic E-state index is -4.15. The van der Waals surface area contributed by atoms with E-state index in [4.69, 9.17) is 11.6 Å². The maximum absolute atomic E-state index is 13.8. The van der Waals surface area contributed by atoms with E-state index in [1.807, 2.05) is 0 Å². The first-order valence-corrected chi connectivity index (χ1v) is 14.3. The van der Waals surface area contributed by atoms with Crippen molar-refractivity contribution in [3.05, 3.63) is 88.9 Å². The molecule has 2 fully saturated rings. The number of urea groups is 1. The molecule has 0 aliphatic carbocycles. The molecule has 2 saturated heterocycles. The number of carbonyl (C=O) groups excluding carboxylic acids is 2. The van der Waals surface area contributed by atoms with Crippen LogP contribution in [-0.4, -0.2) is 68.3 Å². The number of anilines is 2. The Balaban J connectivity index is 1.41. The second-order valence-electron chi connectivity index (χ2n) is 9.60. The highest BCUT2D eigenvalue weighted by atomic mass is 35.5. The van der Waals surface area contributed by atoms with Crippen LogP contribution < -0.4 is 9.80 Å². The average Bonchev–Trinajstić information content (AvgIpc) is 3.28. The molecule has 0 radical (unpaired) electrons. The molecular formula is C28H29ClN4O4S. The van der Waals surface area contributed by atoms with Crippen LogP contribution in [-0.2, 0) is 14.8 Å². The number of hydrogen-bond acceptors (Lipinski definition) is 5. The molecule has 1 atom stereocenters. The molecule has 8 nitrogen and oxygen atoms in total. The number of nitrogens with zero attached hydrogens (tertiary/aromatic N) is 4. The highest BCUT2D eigenvalue weighted by molar-refractivity contribution is 7.89. The number of hydrogen-bond donors (Lipinski definition) is 0. The van der Waals surface area contributed by atoms with Gasteiger partial charge in [0.25, 0.3) is 10.0 Å². The number of benzene rings is 3. The van der Waals surface area contributed by atoms with Crippen LogP contribution in [0, 0.1) is 13.8 Å². The lowest BCUT2D eigenvalue weighted by atomic mass is 10.1. The first-order valence-electron chi connectivity index (χ1n) is 12.4. The zero-order valence-corrected chi connectivity index (χ0v) is 22.8. The Morgan fingerprint density at radius 3 is 2.21 bits per heavy atom. The van der Waals surface area contributed by atoms with Crippen LogP contribution in [0.2, 0.25) is 5.02 Å². The summed E-state index contributed by atoms with van der Waals surface area (Å²) in [5.41, 5.74) is 3.91. The maximum atomic E-state index is 13.8. The molecule has 198 valence electrons. The molecule has 0 bridgehead atoms. The van der Waals surface area contributed by atoms with Gasteiger partial charge in [-0.2, -0.15) is 0 Å². The summed E-state index contributed by atoms with van der Waals surface area (Å²) in [5.74, 6) is -0.278. The van der Waals surface area contributed by atoms with Gasteiger partial charge in [0, 0.05) is 42.6 Å². The van der Waals surface area contributed by atoms with Crippen LogP contribution in [0.15, 0.2) is 77.7 Å². The second kappa shape index (κ2) is 10.3. The van der Waals surface area contributed by atoms with Gasteiger partial charge in [0.05, 0.1) is 11.4 Å². The van der Waals surface area contributed by atoms with E-state index >= 15 is 0 Å². The van der Waals surface area contributed by atoms with Crippen molar-refractivity contribution < 1.29 is 18.0 Å². The number of piperazine rings is 1. The molecule has 0 N–H and O–H groups in total. The topological polar surface area (TPSA) is 81.2 Å². The first-order chi connectivity index (χ1) is 18.2. The summed E-state index contributed by atoms with van der Waals surface area (Å²) < 4.78 is 27.6. The van der Waals surface area contributed by atoms with Crippen molar-refractivity contribution in [3.63, 3.8) is 0 Å². The number of rotatable bonds is 5. The summed E-state index contributed by atoms with van der Waals surface area (Å²) in [6.07, 6.45) is 0. The third-order valence-corrected chi connectivity index (χ3v) is 9.09. The van der Waals surface area contributed by atoms with E-state index in [1.165, 1.54) is 28.2 Å². The van der Waals surface area contributed by atoms with Crippen LogP contribution in [0.1, 0.15) is 11.1 Å². The quantitative estimate of drug-likeness (QED) is 0.471. The fourth-order valence-corrected chi connectivity index (χ4v) is 6.52. The lowest BCUT2D eigenvalue weighted by molar-refractivity contribution is -0.132. The maximum Gasteiger partial charge on any atom is 0.339 e. The Morgan fingerprint density at radius 2 is 1.55 bits per heavy atom. The molecule has 3 aromatic rings. The van der Waals surface area contributed by atoms with Gasteiger partial charge in [-0.1, -0.05) is 41.9 Å². The SMILES string of the molecule is Cc1ccc(C)c(N2CCN(C(=O)[C@@H]3CN(S(=O)(=O)c4ccccc4)C(=O)N3c3ccc(Cl)cc3)CC2)c1. The van der Waals surface area contributed by atoms with E-state index in [0.717, 1.165) is 9.99 Å². The molecule has 0 saturated carbocycles.